The number of nitrogens with one attached hydrogen (secondary N) is 1. The molecule has 0 fully saturated rings. The molecule has 0 unspecified atom stereocenters. The molecule has 2 nitrogen and oxygen atoms in total. The Morgan fingerprint density at radius 3 is 2.94 bits per heavy atom. The predicted octanol–water partition coefficient (Wildman–Crippen LogP) is 3.17. The van der Waals surface area contributed by atoms with E-state index in [4.69, 9.17) is 29.6 Å². The second kappa shape index (κ2) is 5.46. The fourth-order valence-corrected chi connectivity index (χ4v) is 2.32. The molecular weight excluding hydrogens is 255 g/mol. The standard InChI is InChI=1S/C13H12Cl2N2/c1-2-4-16-5-7-17-6-3-11-12(15)8-10(14)9-13(11)17/h1,3,6,8-9,16H,4-5,7H2. The fourth-order valence-electron chi connectivity index (χ4n) is 1.77. The van der Waals surface area contributed by atoms with Crippen molar-refractivity contribution < 1.29 is 0 Å². The van der Waals surface area contributed by atoms with E-state index in [1.165, 1.54) is 0 Å². The fraction of sp³-hybridized carbons (Fsp3) is 0.231. The lowest BCUT2D eigenvalue weighted by Crippen LogP contribution is -2.19. The average molecular weight is 267 g/mol. The maximum Gasteiger partial charge on any atom is 0.0574 e. The molecule has 0 aliphatic heterocycles. The summed E-state index contributed by atoms with van der Waals surface area (Å²) >= 11 is 12.1. The van der Waals surface area contributed by atoms with Gasteiger partial charge in [0.15, 0.2) is 0 Å². The minimum absolute atomic E-state index is 0.584. The number of rotatable bonds is 4. The van der Waals surface area contributed by atoms with E-state index in [1.54, 1.807) is 6.07 Å². The monoisotopic (exact) mass is 266 g/mol. The highest BCUT2D eigenvalue weighted by Crippen LogP contribution is 2.28. The van der Waals surface area contributed by atoms with Crippen molar-refractivity contribution >= 4 is 34.1 Å². The topological polar surface area (TPSA) is 17.0 Å². The Balaban J connectivity index is 2.21. The molecule has 0 saturated carbocycles. The second-order valence-electron chi connectivity index (χ2n) is 3.71. The number of hydrogen-bond acceptors (Lipinski definition) is 1. The molecule has 88 valence electrons. The van der Waals surface area contributed by atoms with Gasteiger partial charge in [-0.05, 0) is 18.2 Å². The summed E-state index contributed by atoms with van der Waals surface area (Å²) in [5.41, 5.74) is 1.05. The van der Waals surface area contributed by atoms with Gasteiger partial charge in [-0.1, -0.05) is 29.1 Å². The first-order chi connectivity index (χ1) is 8.22. The minimum Gasteiger partial charge on any atom is -0.346 e. The molecule has 0 spiro atoms. The Morgan fingerprint density at radius 2 is 2.18 bits per heavy atom. The minimum atomic E-state index is 0.584. The molecule has 0 aliphatic rings. The van der Waals surface area contributed by atoms with Gasteiger partial charge in [0.05, 0.1) is 17.1 Å². The summed E-state index contributed by atoms with van der Waals surface area (Å²) in [5.74, 6) is 2.54. The molecule has 0 amide bonds. The second-order valence-corrected chi connectivity index (χ2v) is 4.55. The van der Waals surface area contributed by atoms with Crippen molar-refractivity contribution in [3.63, 3.8) is 0 Å². The highest BCUT2D eigenvalue weighted by molar-refractivity contribution is 6.38. The first-order valence-electron chi connectivity index (χ1n) is 5.30. The Kier molecular flexibility index (Phi) is 3.96. The van der Waals surface area contributed by atoms with Crippen molar-refractivity contribution in [2.75, 3.05) is 13.1 Å². The number of benzene rings is 1. The Hall–Kier alpha value is -1.14. The highest BCUT2D eigenvalue weighted by Gasteiger charge is 2.05. The first-order valence-corrected chi connectivity index (χ1v) is 6.06. The lowest BCUT2D eigenvalue weighted by Gasteiger charge is -2.06. The summed E-state index contributed by atoms with van der Waals surface area (Å²) in [6.45, 7) is 2.24. The molecule has 2 aromatic rings. The number of fused-ring (bicyclic) bond motifs is 1. The summed E-state index contributed by atoms with van der Waals surface area (Å²) in [6.07, 6.45) is 7.17. The van der Waals surface area contributed by atoms with Crippen molar-refractivity contribution in [3.05, 3.63) is 34.4 Å². The summed E-state index contributed by atoms with van der Waals surface area (Å²) in [7, 11) is 0. The van der Waals surface area contributed by atoms with E-state index in [0.29, 0.717) is 16.6 Å². The van der Waals surface area contributed by atoms with Crippen LogP contribution in [-0.4, -0.2) is 17.7 Å². The van der Waals surface area contributed by atoms with Crippen molar-refractivity contribution in [2.45, 2.75) is 6.54 Å². The zero-order chi connectivity index (χ0) is 12.3. The van der Waals surface area contributed by atoms with Gasteiger partial charge >= 0.3 is 0 Å². The summed E-state index contributed by atoms with van der Waals surface area (Å²) < 4.78 is 2.11. The maximum atomic E-state index is 6.12. The summed E-state index contributed by atoms with van der Waals surface area (Å²) in [5, 5.41) is 5.50. The van der Waals surface area contributed by atoms with E-state index in [-0.39, 0.29) is 0 Å². The molecule has 1 heterocycles. The van der Waals surface area contributed by atoms with E-state index in [2.05, 4.69) is 15.8 Å². The molecule has 1 N–H and O–H groups in total. The van der Waals surface area contributed by atoms with Crippen LogP contribution in [0.3, 0.4) is 0 Å². The maximum absolute atomic E-state index is 6.12. The van der Waals surface area contributed by atoms with Gasteiger partial charge in [0.1, 0.15) is 0 Å². The van der Waals surface area contributed by atoms with Crippen LogP contribution in [0.25, 0.3) is 10.9 Å². The third-order valence-corrected chi connectivity index (χ3v) is 3.09. The number of hydrogen-bond donors (Lipinski definition) is 1. The molecule has 0 bridgehead atoms. The van der Waals surface area contributed by atoms with Crippen molar-refractivity contribution in [1.82, 2.24) is 9.88 Å². The van der Waals surface area contributed by atoms with Gasteiger partial charge in [-0.25, -0.2) is 0 Å². The van der Waals surface area contributed by atoms with Crippen LogP contribution in [0.5, 0.6) is 0 Å². The van der Waals surface area contributed by atoms with Crippen molar-refractivity contribution in [2.24, 2.45) is 0 Å². The third-order valence-electron chi connectivity index (χ3n) is 2.56. The van der Waals surface area contributed by atoms with Crippen LogP contribution >= 0.6 is 23.2 Å². The number of halogens is 2. The van der Waals surface area contributed by atoms with E-state index in [0.717, 1.165) is 24.0 Å². The van der Waals surface area contributed by atoms with Crippen LogP contribution in [0.2, 0.25) is 10.0 Å². The SMILES string of the molecule is C#CCNCCn1ccc2c(Cl)cc(Cl)cc21. The normalized spacial score (nSPS) is 10.6. The van der Waals surface area contributed by atoms with Gasteiger partial charge in [0.25, 0.3) is 0 Å². The van der Waals surface area contributed by atoms with Crippen LogP contribution in [-0.2, 0) is 6.54 Å². The van der Waals surface area contributed by atoms with Gasteiger partial charge in [-0.15, -0.1) is 6.42 Å². The molecule has 0 aliphatic carbocycles. The molecule has 0 radical (unpaired) electrons. The van der Waals surface area contributed by atoms with Gasteiger partial charge < -0.3 is 9.88 Å². The quantitative estimate of drug-likeness (QED) is 0.665. The average Bonchev–Trinajstić information content (AvgIpc) is 2.68. The highest BCUT2D eigenvalue weighted by atomic mass is 35.5. The molecule has 0 atom stereocenters. The molecular formula is C13H12Cl2N2. The lowest BCUT2D eigenvalue weighted by atomic mass is 10.2. The molecule has 2 rings (SSSR count). The predicted molar refractivity (Wildman–Crippen MR) is 73.7 cm³/mol. The zero-order valence-electron chi connectivity index (χ0n) is 9.21. The van der Waals surface area contributed by atoms with Crippen LogP contribution in [0, 0.1) is 12.3 Å². The Bertz CT molecular complexity index is 567. The largest absolute Gasteiger partial charge is 0.346 e. The Morgan fingerprint density at radius 1 is 1.35 bits per heavy atom. The number of terminal acetylenes is 1. The van der Waals surface area contributed by atoms with E-state index >= 15 is 0 Å². The van der Waals surface area contributed by atoms with Gasteiger partial charge in [0, 0.05) is 29.7 Å². The smallest absolute Gasteiger partial charge is 0.0574 e. The van der Waals surface area contributed by atoms with E-state index in [1.807, 2.05) is 18.3 Å². The van der Waals surface area contributed by atoms with Crippen molar-refractivity contribution in [3.8, 4) is 12.3 Å². The molecule has 1 aromatic carbocycles. The van der Waals surface area contributed by atoms with Crippen LogP contribution in [0.15, 0.2) is 24.4 Å². The van der Waals surface area contributed by atoms with Crippen LogP contribution in [0.4, 0.5) is 0 Å². The summed E-state index contributed by atoms with van der Waals surface area (Å²) in [6, 6.07) is 5.67. The Labute approximate surface area is 111 Å². The number of nitrogens with zero attached hydrogens (tertiary/aromatic N) is 1. The lowest BCUT2D eigenvalue weighted by molar-refractivity contribution is 0.644. The zero-order valence-corrected chi connectivity index (χ0v) is 10.7. The molecule has 4 heteroatoms. The van der Waals surface area contributed by atoms with E-state index < -0.39 is 0 Å². The molecule has 0 saturated heterocycles. The molecule has 1 aromatic heterocycles. The van der Waals surface area contributed by atoms with Crippen LogP contribution < -0.4 is 5.32 Å². The third kappa shape index (κ3) is 2.76. The number of aromatic nitrogens is 1. The molecule has 17 heavy (non-hydrogen) atoms. The van der Waals surface area contributed by atoms with E-state index in [9.17, 15) is 0 Å². The van der Waals surface area contributed by atoms with Gasteiger partial charge in [-0.3, -0.25) is 0 Å². The summed E-state index contributed by atoms with van der Waals surface area (Å²) in [4.78, 5) is 0. The van der Waals surface area contributed by atoms with Gasteiger partial charge in [-0.2, -0.15) is 0 Å². The van der Waals surface area contributed by atoms with Crippen LogP contribution in [0.1, 0.15) is 0 Å². The first kappa shape index (κ1) is 12.3. The van der Waals surface area contributed by atoms with Gasteiger partial charge in [0.2, 0.25) is 0 Å². The van der Waals surface area contributed by atoms with Crippen molar-refractivity contribution in [1.29, 1.82) is 0 Å².